The summed E-state index contributed by atoms with van der Waals surface area (Å²) in [7, 11) is -9.09. The topological polar surface area (TPSA) is 239 Å². The molecule has 4 atom stereocenters. The Morgan fingerprint density at radius 3 is 2.11 bits per heavy atom. The van der Waals surface area contributed by atoms with Gasteiger partial charge in [0.05, 0.1) is 28.5 Å². The summed E-state index contributed by atoms with van der Waals surface area (Å²) < 4.78 is 48.9. The minimum Gasteiger partial charge on any atom is -0.480 e. The number of nitrogens with two attached hydrogens (primary N) is 2. The second-order valence-corrected chi connectivity index (χ2v) is 13.8. The number of nitrogens with one attached hydrogen (secondary N) is 2. The highest BCUT2D eigenvalue weighted by molar-refractivity contribution is 7.90. The minimum absolute atomic E-state index is 0.145. The van der Waals surface area contributed by atoms with Crippen LogP contribution in [-0.2, 0) is 40.9 Å². The van der Waals surface area contributed by atoms with Crippen LogP contribution >= 0.6 is 11.6 Å². The van der Waals surface area contributed by atoms with Crippen molar-refractivity contribution in [3.05, 3.63) is 82.9 Å². The number of sulfonamides is 2. The van der Waals surface area contributed by atoms with Gasteiger partial charge in [0.1, 0.15) is 15.8 Å². The number of carboxylic acids is 2. The Hall–Kier alpha value is -4.06. The fourth-order valence-electron chi connectivity index (χ4n) is 5.19. The number of amides is 1. The third-order valence-corrected chi connectivity index (χ3v) is 9.58. The molecule has 3 aromatic carbocycles. The first-order valence-corrected chi connectivity index (χ1v) is 16.8. The second kappa shape index (κ2) is 13.1. The van der Waals surface area contributed by atoms with E-state index in [1.807, 2.05) is 30.3 Å². The Balaban J connectivity index is 1.69. The highest BCUT2D eigenvalue weighted by Gasteiger charge is 2.47. The van der Waals surface area contributed by atoms with Crippen molar-refractivity contribution in [1.82, 2.24) is 5.32 Å². The first-order chi connectivity index (χ1) is 21.0. The van der Waals surface area contributed by atoms with Crippen molar-refractivity contribution in [3.8, 4) is 0 Å². The molecule has 0 spiro atoms. The summed E-state index contributed by atoms with van der Waals surface area (Å²) in [5, 5.41) is 35.8. The molecular formula is C28H30ClN5O9S2. The van der Waals surface area contributed by atoms with Gasteiger partial charge in [0.25, 0.3) is 0 Å². The van der Waals surface area contributed by atoms with Gasteiger partial charge in [-0.3, -0.25) is 19.8 Å². The van der Waals surface area contributed by atoms with E-state index in [9.17, 15) is 41.4 Å². The van der Waals surface area contributed by atoms with Gasteiger partial charge in [-0.15, -0.1) is 0 Å². The molecule has 1 heterocycles. The zero-order valence-electron chi connectivity index (χ0n) is 23.6. The average molecular weight is 680 g/mol. The van der Waals surface area contributed by atoms with Crippen LogP contribution in [-0.4, -0.2) is 63.0 Å². The molecule has 4 rings (SSSR count). The monoisotopic (exact) mass is 679 g/mol. The van der Waals surface area contributed by atoms with E-state index in [0.717, 1.165) is 16.5 Å². The first-order valence-electron chi connectivity index (χ1n) is 13.3. The lowest BCUT2D eigenvalue weighted by atomic mass is 10.0. The molecule has 0 saturated heterocycles. The van der Waals surface area contributed by atoms with Gasteiger partial charge in [0.2, 0.25) is 26.0 Å². The van der Waals surface area contributed by atoms with Gasteiger partial charge >= 0.3 is 11.9 Å². The van der Waals surface area contributed by atoms with Crippen LogP contribution in [0.1, 0.15) is 30.5 Å². The van der Waals surface area contributed by atoms with Crippen molar-refractivity contribution in [2.45, 2.75) is 53.7 Å². The maximum Gasteiger partial charge on any atom is 0.329 e. The fourth-order valence-corrected chi connectivity index (χ4v) is 7.07. The van der Waals surface area contributed by atoms with Gasteiger partial charge in [-0.25, -0.2) is 31.9 Å². The summed E-state index contributed by atoms with van der Waals surface area (Å²) in [5.74, 6) is -3.44. The number of aryl methyl sites for hydroxylation is 1. The number of carboxylic acid groups (broad SMARTS) is 2. The third-order valence-electron chi connectivity index (χ3n) is 7.26. The maximum absolute atomic E-state index is 13.9. The average Bonchev–Trinajstić information content (AvgIpc) is 3.28. The molecule has 0 aliphatic carbocycles. The SMILES string of the molecule is C[C@H](NC(CCc1ccccc1)C(=O)O)C(=O)N1c2ccccc2C(Nc2cc(Cl)c(S(N)(=O)=O)cc2S(N)(=O)=O)C1C(=O)O. The van der Waals surface area contributed by atoms with E-state index >= 15 is 0 Å². The molecule has 1 aliphatic rings. The molecular weight excluding hydrogens is 650 g/mol. The number of primary sulfonamides is 2. The Morgan fingerprint density at radius 2 is 1.53 bits per heavy atom. The minimum atomic E-state index is -4.62. The third kappa shape index (κ3) is 7.43. The highest BCUT2D eigenvalue weighted by atomic mass is 35.5. The Kier molecular flexibility index (Phi) is 9.86. The molecule has 0 bridgehead atoms. The van der Waals surface area contributed by atoms with Gasteiger partial charge in [-0.2, -0.15) is 0 Å². The normalized spacial score (nSPS) is 17.7. The Labute approximate surface area is 264 Å². The standard InChI is InChI=1S/C28H30ClN5O9S2/c1-15(32-19(27(36)37)12-11-16-7-3-2-4-8-16)26(35)34-21-10-6-5-9-17(21)24(25(34)28(38)39)33-20-13-18(29)22(44(30,40)41)14-23(20)45(31,42)43/h2-10,13-15,19,24-25,32-33H,11-12H2,1H3,(H,36,37)(H,38,39)(H2,30,40,41)(H2,31,42,43)/t15-,19?,24?,25?/m0/s1. The lowest BCUT2D eigenvalue weighted by molar-refractivity contribution is -0.142. The van der Waals surface area contributed by atoms with Crippen molar-refractivity contribution in [2.75, 3.05) is 10.2 Å². The van der Waals surface area contributed by atoms with Gasteiger partial charge in [-0.05, 0) is 43.5 Å². The molecule has 3 unspecified atom stereocenters. The number of carbonyl (C=O) groups is 3. The number of benzene rings is 3. The summed E-state index contributed by atoms with van der Waals surface area (Å²) in [6.07, 6.45) is 0.549. The highest BCUT2D eigenvalue weighted by Crippen LogP contribution is 2.43. The van der Waals surface area contributed by atoms with Crippen LogP contribution in [0.4, 0.5) is 11.4 Å². The summed E-state index contributed by atoms with van der Waals surface area (Å²) in [6.45, 7) is 1.41. The van der Waals surface area contributed by atoms with E-state index in [0.29, 0.717) is 12.5 Å². The van der Waals surface area contributed by atoms with Gasteiger partial charge in [0, 0.05) is 5.56 Å². The van der Waals surface area contributed by atoms with Crippen LogP contribution in [0.5, 0.6) is 0 Å². The van der Waals surface area contributed by atoms with Crippen LogP contribution < -0.4 is 25.8 Å². The van der Waals surface area contributed by atoms with Crippen molar-refractivity contribution in [1.29, 1.82) is 0 Å². The number of aliphatic carboxylic acids is 2. The van der Waals surface area contributed by atoms with Crippen molar-refractivity contribution in [2.24, 2.45) is 10.3 Å². The van der Waals surface area contributed by atoms with Crippen molar-refractivity contribution < 1.29 is 41.4 Å². The summed E-state index contributed by atoms with van der Waals surface area (Å²) in [5.41, 5.74) is 1.00. The molecule has 14 nitrogen and oxygen atoms in total. The van der Waals surface area contributed by atoms with Crippen molar-refractivity contribution >= 4 is 60.9 Å². The molecule has 3 aromatic rings. The maximum atomic E-state index is 13.9. The predicted molar refractivity (Wildman–Crippen MR) is 165 cm³/mol. The lowest BCUT2D eigenvalue weighted by Crippen LogP contribution is -2.55. The zero-order chi connectivity index (χ0) is 33.3. The van der Waals surface area contributed by atoms with Crippen LogP contribution in [0.25, 0.3) is 0 Å². The van der Waals surface area contributed by atoms with Gasteiger partial charge in [-0.1, -0.05) is 60.1 Å². The van der Waals surface area contributed by atoms with Gasteiger partial charge < -0.3 is 15.5 Å². The summed E-state index contributed by atoms with van der Waals surface area (Å²) in [4.78, 5) is 38.1. The number of hydrogen-bond acceptors (Lipinski definition) is 9. The molecule has 1 aliphatic heterocycles. The summed E-state index contributed by atoms with van der Waals surface area (Å²) in [6, 6.07) is 11.6. The van der Waals surface area contributed by atoms with E-state index in [-0.39, 0.29) is 23.4 Å². The molecule has 0 aromatic heterocycles. The van der Waals surface area contributed by atoms with E-state index in [2.05, 4.69) is 10.6 Å². The van der Waals surface area contributed by atoms with Crippen LogP contribution in [0.3, 0.4) is 0 Å². The van der Waals surface area contributed by atoms with Crippen LogP contribution in [0.2, 0.25) is 5.02 Å². The number of rotatable bonds is 12. The van der Waals surface area contributed by atoms with E-state index in [1.54, 1.807) is 12.1 Å². The van der Waals surface area contributed by atoms with Crippen molar-refractivity contribution in [3.63, 3.8) is 0 Å². The fraction of sp³-hybridized carbons (Fsp3) is 0.250. The second-order valence-electron chi connectivity index (χ2n) is 10.3. The molecule has 1 amide bonds. The Bertz CT molecular complexity index is 1860. The summed E-state index contributed by atoms with van der Waals surface area (Å²) >= 11 is 6.11. The van der Waals surface area contributed by atoms with Gasteiger partial charge in [0.15, 0.2) is 6.04 Å². The molecule has 17 heteroatoms. The van der Waals surface area contributed by atoms with Crippen LogP contribution in [0, 0.1) is 0 Å². The number of nitrogens with zero attached hydrogens (tertiary/aromatic N) is 1. The molecule has 45 heavy (non-hydrogen) atoms. The van der Waals surface area contributed by atoms with E-state index in [4.69, 9.17) is 21.9 Å². The number of halogens is 1. The van der Waals surface area contributed by atoms with Crippen LogP contribution in [0.15, 0.2) is 76.5 Å². The molecule has 0 radical (unpaired) electrons. The molecule has 240 valence electrons. The predicted octanol–water partition coefficient (Wildman–Crippen LogP) is 1.65. The number of carbonyl (C=O) groups excluding carboxylic acids is 1. The number of fused-ring (bicyclic) bond motifs is 1. The molecule has 8 N–H and O–H groups in total. The first kappa shape index (κ1) is 33.8. The zero-order valence-corrected chi connectivity index (χ0v) is 26.0. The largest absolute Gasteiger partial charge is 0.480 e. The Morgan fingerprint density at radius 1 is 0.933 bits per heavy atom. The number of para-hydroxylation sites is 1. The number of hydrogen-bond donors (Lipinski definition) is 6. The quantitative estimate of drug-likeness (QED) is 0.161. The smallest absolute Gasteiger partial charge is 0.329 e. The lowest BCUT2D eigenvalue weighted by Gasteiger charge is -2.30. The van der Waals surface area contributed by atoms with E-state index in [1.165, 1.54) is 19.1 Å². The number of anilines is 2. The molecule has 0 fully saturated rings. The van der Waals surface area contributed by atoms with E-state index < -0.39 is 76.9 Å². The molecule has 0 saturated carbocycles.